The molecule has 0 bridgehead atoms. The van der Waals surface area contributed by atoms with Crippen LogP contribution in [0.5, 0.6) is 0 Å². The number of benzene rings is 1. The lowest BCUT2D eigenvalue weighted by molar-refractivity contribution is -0.145. The van der Waals surface area contributed by atoms with Crippen LogP contribution in [0.25, 0.3) is 0 Å². The van der Waals surface area contributed by atoms with Crippen molar-refractivity contribution in [2.24, 2.45) is 0 Å². The van der Waals surface area contributed by atoms with Crippen LogP contribution < -0.4 is 5.32 Å². The number of hydrogen-bond acceptors (Lipinski definition) is 4. The highest BCUT2D eigenvalue weighted by Gasteiger charge is 2.06. The number of halogens is 1. The maximum Gasteiger partial charge on any atom is 0.325 e. The number of nitrogens with one attached hydrogen (secondary N) is 1. The first-order valence-electron chi connectivity index (χ1n) is 5.16. The van der Waals surface area contributed by atoms with Gasteiger partial charge in [0.05, 0.1) is 11.7 Å². The van der Waals surface area contributed by atoms with Gasteiger partial charge in [0.25, 0.3) is 0 Å². The standard InChI is InChI=1S/C12H13FN2O2/c1-8(2)17-12(16)7-15-10-3-4-11(13)9(5-10)6-14/h3-5,8,15H,7H2,1-2H3. The topological polar surface area (TPSA) is 62.1 Å². The first-order chi connectivity index (χ1) is 8.02. The van der Waals surface area contributed by atoms with E-state index in [1.807, 2.05) is 0 Å². The van der Waals surface area contributed by atoms with E-state index in [1.165, 1.54) is 18.2 Å². The monoisotopic (exact) mass is 236 g/mol. The van der Waals surface area contributed by atoms with Gasteiger partial charge >= 0.3 is 5.97 Å². The molecule has 0 radical (unpaired) electrons. The molecule has 0 saturated carbocycles. The van der Waals surface area contributed by atoms with Gasteiger partial charge in [0.15, 0.2) is 0 Å². The second-order valence-corrected chi connectivity index (χ2v) is 3.70. The highest BCUT2D eigenvalue weighted by molar-refractivity contribution is 5.75. The van der Waals surface area contributed by atoms with Crippen LogP contribution in [0, 0.1) is 17.1 Å². The lowest BCUT2D eigenvalue weighted by Gasteiger charge is -2.09. The van der Waals surface area contributed by atoms with Crippen molar-refractivity contribution in [2.45, 2.75) is 20.0 Å². The van der Waals surface area contributed by atoms with Crippen molar-refractivity contribution in [3.05, 3.63) is 29.6 Å². The van der Waals surface area contributed by atoms with E-state index >= 15 is 0 Å². The fraction of sp³-hybridized carbons (Fsp3) is 0.333. The molecule has 0 saturated heterocycles. The molecule has 0 amide bonds. The van der Waals surface area contributed by atoms with Crippen molar-refractivity contribution in [3.63, 3.8) is 0 Å². The predicted octanol–water partition coefficient (Wildman–Crippen LogP) is 2.06. The van der Waals surface area contributed by atoms with Crippen LogP contribution in [-0.4, -0.2) is 18.6 Å². The molecule has 0 atom stereocenters. The van der Waals surface area contributed by atoms with Crippen molar-refractivity contribution in [3.8, 4) is 6.07 Å². The van der Waals surface area contributed by atoms with E-state index < -0.39 is 11.8 Å². The quantitative estimate of drug-likeness (QED) is 0.813. The Bertz CT molecular complexity index is 452. The van der Waals surface area contributed by atoms with E-state index in [4.69, 9.17) is 10.00 Å². The molecule has 1 aromatic rings. The zero-order chi connectivity index (χ0) is 12.8. The molecule has 17 heavy (non-hydrogen) atoms. The lowest BCUT2D eigenvalue weighted by atomic mass is 10.2. The van der Waals surface area contributed by atoms with Crippen molar-refractivity contribution in [1.29, 1.82) is 5.26 Å². The molecule has 5 heteroatoms. The molecule has 0 spiro atoms. The molecule has 0 fully saturated rings. The van der Waals surface area contributed by atoms with Gasteiger partial charge in [-0.2, -0.15) is 5.26 Å². The SMILES string of the molecule is CC(C)OC(=O)CNc1ccc(F)c(C#N)c1. The number of esters is 1. The van der Waals surface area contributed by atoms with Gasteiger partial charge in [-0.1, -0.05) is 0 Å². The Labute approximate surface area is 99.0 Å². The third-order valence-electron chi connectivity index (χ3n) is 1.89. The number of ether oxygens (including phenoxy) is 1. The Morgan fingerprint density at radius 1 is 1.59 bits per heavy atom. The Kier molecular flexibility index (Phi) is 4.46. The van der Waals surface area contributed by atoms with E-state index in [1.54, 1.807) is 19.9 Å². The lowest BCUT2D eigenvalue weighted by Crippen LogP contribution is -2.20. The number of carbonyl (C=O) groups excluding carboxylic acids is 1. The number of nitriles is 1. The van der Waals surface area contributed by atoms with Crippen LogP contribution >= 0.6 is 0 Å². The minimum atomic E-state index is -0.581. The van der Waals surface area contributed by atoms with Crippen LogP contribution in [0.2, 0.25) is 0 Å². The number of carbonyl (C=O) groups is 1. The van der Waals surface area contributed by atoms with Crippen molar-refractivity contribution < 1.29 is 13.9 Å². The Hall–Kier alpha value is -2.09. The van der Waals surface area contributed by atoms with Gasteiger partial charge < -0.3 is 10.1 Å². The highest BCUT2D eigenvalue weighted by atomic mass is 19.1. The molecule has 0 aliphatic carbocycles. The zero-order valence-corrected chi connectivity index (χ0v) is 9.66. The normalized spacial score (nSPS) is 9.82. The van der Waals surface area contributed by atoms with Gasteiger partial charge in [-0.05, 0) is 32.0 Å². The summed E-state index contributed by atoms with van der Waals surface area (Å²) in [7, 11) is 0. The first-order valence-corrected chi connectivity index (χ1v) is 5.16. The predicted molar refractivity (Wildman–Crippen MR) is 60.8 cm³/mol. The van der Waals surface area contributed by atoms with Crippen molar-refractivity contribution in [1.82, 2.24) is 0 Å². The number of hydrogen-bond donors (Lipinski definition) is 1. The summed E-state index contributed by atoms with van der Waals surface area (Å²) in [4.78, 5) is 11.2. The van der Waals surface area contributed by atoms with E-state index in [0.717, 1.165) is 0 Å². The van der Waals surface area contributed by atoms with Crippen LogP contribution in [0.1, 0.15) is 19.4 Å². The van der Waals surface area contributed by atoms with Crippen LogP contribution in [0.4, 0.5) is 10.1 Å². The van der Waals surface area contributed by atoms with E-state index in [0.29, 0.717) is 5.69 Å². The van der Waals surface area contributed by atoms with Gasteiger partial charge in [0, 0.05) is 5.69 Å². The fourth-order valence-corrected chi connectivity index (χ4v) is 1.20. The summed E-state index contributed by atoms with van der Waals surface area (Å²) >= 11 is 0. The summed E-state index contributed by atoms with van der Waals surface area (Å²) in [5.41, 5.74) is 0.441. The molecule has 1 aromatic carbocycles. The van der Waals surface area contributed by atoms with Crippen LogP contribution in [0.15, 0.2) is 18.2 Å². The molecule has 0 aromatic heterocycles. The summed E-state index contributed by atoms with van der Waals surface area (Å²) in [6, 6.07) is 5.70. The Morgan fingerprint density at radius 2 is 2.29 bits per heavy atom. The minimum absolute atomic E-state index is 0.0192. The summed E-state index contributed by atoms with van der Waals surface area (Å²) in [5, 5.41) is 11.4. The third-order valence-corrected chi connectivity index (χ3v) is 1.89. The van der Waals surface area contributed by atoms with Crippen LogP contribution in [-0.2, 0) is 9.53 Å². The second kappa shape index (κ2) is 5.85. The van der Waals surface area contributed by atoms with Gasteiger partial charge in [0.1, 0.15) is 18.4 Å². The number of rotatable bonds is 4. The van der Waals surface area contributed by atoms with Gasteiger partial charge in [-0.3, -0.25) is 4.79 Å². The molecular formula is C12H13FN2O2. The first kappa shape index (κ1) is 13.0. The minimum Gasteiger partial charge on any atom is -0.462 e. The summed E-state index contributed by atoms with van der Waals surface area (Å²) in [5.74, 6) is -0.981. The maximum absolute atomic E-state index is 13.0. The Morgan fingerprint density at radius 3 is 2.88 bits per heavy atom. The highest BCUT2D eigenvalue weighted by Crippen LogP contribution is 2.13. The maximum atomic E-state index is 13.0. The smallest absolute Gasteiger partial charge is 0.325 e. The molecule has 0 aliphatic rings. The average molecular weight is 236 g/mol. The molecule has 0 heterocycles. The molecule has 4 nitrogen and oxygen atoms in total. The van der Waals surface area contributed by atoms with Gasteiger partial charge in [-0.15, -0.1) is 0 Å². The largest absolute Gasteiger partial charge is 0.462 e. The summed E-state index contributed by atoms with van der Waals surface area (Å²) in [6.45, 7) is 3.49. The molecule has 0 aliphatic heterocycles. The summed E-state index contributed by atoms with van der Waals surface area (Å²) in [6.07, 6.45) is -0.174. The van der Waals surface area contributed by atoms with E-state index in [2.05, 4.69) is 5.32 Å². The fourth-order valence-electron chi connectivity index (χ4n) is 1.20. The zero-order valence-electron chi connectivity index (χ0n) is 9.66. The number of anilines is 1. The van der Waals surface area contributed by atoms with Crippen molar-refractivity contribution >= 4 is 11.7 Å². The average Bonchev–Trinajstić information content (AvgIpc) is 2.27. The van der Waals surface area contributed by atoms with Crippen molar-refractivity contribution in [2.75, 3.05) is 11.9 Å². The van der Waals surface area contributed by atoms with E-state index in [-0.39, 0.29) is 18.2 Å². The molecule has 1 rings (SSSR count). The second-order valence-electron chi connectivity index (χ2n) is 3.70. The third kappa shape index (κ3) is 4.11. The molecular weight excluding hydrogens is 223 g/mol. The number of nitrogens with zero attached hydrogens (tertiary/aromatic N) is 1. The molecule has 0 unspecified atom stereocenters. The molecule has 1 N–H and O–H groups in total. The van der Waals surface area contributed by atoms with Gasteiger partial charge in [0.2, 0.25) is 0 Å². The van der Waals surface area contributed by atoms with Gasteiger partial charge in [-0.25, -0.2) is 4.39 Å². The van der Waals surface area contributed by atoms with E-state index in [9.17, 15) is 9.18 Å². The van der Waals surface area contributed by atoms with Crippen LogP contribution in [0.3, 0.4) is 0 Å². The summed E-state index contributed by atoms with van der Waals surface area (Å²) < 4.78 is 17.9. The molecule has 90 valence electrons. The Balaban J connectivity index is 2.59.